The monoisotopic (exact) mass is 234 g/mol. The van der Waals surface area contributed by atoms with Gasteiger partial charge in [-0.15, -0.1) is 0 Å². The smallest absolute Gasteiger partial charge is 0.307 e. The molecule has 1 aromatic rings. The van der Waals surface area contributed by atoms with Gasteiger partial charge in [-0.3, -0.25) is 4.79 Å². The lowest BCUT2D eigenvalue weighted by molar-refractivity contribution is -0.136. The molecule has 0 aliphatic carbocycles. The Bertz CT molecular complexity index is 435. The minimum absolute atomic E-state index is 0.0293. The van der Waals surface area contributed by atoms with Gasteiger partial charge in [0.1, 0.15) is 12.0 Å². The molecule has 0 saturated heterocycles. The first kappa shape index (κ1) is 13.0. The van der Waals surface area contributed by atoms with Gasteiger partial charge in [0, 0.05) is 12.0 Å². The Kier molecular flexibility index (Phi) is 4.94. The van der Waals surface area contributed by atoms with E-state index >= 15 is 0 Å². The van der Waals surface area contributed by atoms with Crippen molar-refractivity contribution in [3.63, 3.8) is 0 Å². The van der Waals surface area contributed by atoms with E-state index in [0.717, 1.165) is 11.8 Å². The second-order valence-electron chi connectivity index (χ2n) is 3.45. The average molecular weight is 234 g/mol. The van der Waals surface area contributed by atoms with E-state index < -0.39 is 5.97 Å². The molecule has 1 N–H and O–H groups in total. The topological polar surface area (TPSA) is 63.6 Å². The maximum Gasteiger partial charge on any atom is 0.307 e. The normalized spacial score (nSPS) is 10.4. The zero-order valence-corrected chi connectivity index (χ0v) is 9.55. The molecule has 0 amide bonds. The summed E-state index contributed by atoms with van der Waals surface area (Å²) in [7, 11) is 1.54. The van der Waals surface area contributed by atoms with Crippen molar-refractivity contribution in [3.8, 4) is 5.75 Å². The molecular weight excluding hydrogens is 220 g/mol. The van der Waals surface area contributed by atoms with Gasteiger partial charge in [0.25, 0.3) is 0 Å². The molecule has 0 unspecified atom stereocenters. The van der Waals surface area contributed by atoms with Gasteiger partial charge in [-0.1, -0.05) is 18.2 Å². The van der Waals surface area contributed by atoms with Crippen LogP contribution in [0.5, 0.6) is 5.75 Å². The first-order chi connectivity index (χ1) is 8.17. The lowest BCUT2D eigenvalue weighted by Crippen LogP contribution is -2.00. The Morgan fingerprint density at radius 2 is 2.24 bits per heavy atom. The van der Waals surface area contributed by atoms with Crippen LogP contribution in [0.15, 0.2) is 24.3 Å². The number of aliphatic carboxylic acids is 1. The minimum atomic E-state index is -0.877. The lowest BCUT2D eigenvalue weighted by atomic mass is 10.1. The summed E-state index contributed by atoms with van der Waals surface area (Å²) in [4.78, 5) is 20.8. The molecular formula is C13H14O4. The van der Waals surface area contributed by atoms with Crippen molar-refractivity contribution in [2.24, 2.45) is 0 Å². The van der Waals surface area contributed by atoms with Crippen LogP contribution in [0, 0.1) is 0 Å². The Labute approximate surface area is 99.5 Å². The number of carbonyl (C=O) groups is 2. The van der Waals surface area contributed by atoms with Crippen LogP contribution in [0.3, 0.4) is 0 Å². The molecule has 1 rings (SSSR count). The van der Waals surface area contributed by atoms with Crippen molar-refractivity contribution in [2.45, 2.75) is 12.8 Å². The number of methoxy groups -OCH3 is 1. The van der Waals surface area contributed by atoms with E-state index in [-0.39, 0.29) is 6.42 Å². The maximum atomic E-state index is 10.6. The van der Waals surface area contributed by atoms with Crippen molar-refractivity contribution in [1.82, 2.24) is 0 Å². The molecule has 0 aromatic heterocycles. The molecule has 4 heteroatoms. The molecule has 0 atom stereocenters. The third-order valence-corrected chi connectivity index (χ3v) is 2.18. The average Bonchev–Trinajstić information content (AvgIpc) is 2.29. The zero-order valence-electron chi connectivity index (χ0n) is 9.55. The first-order valence-corrected chi connectivity index (χ1v) is 5.16. The van der Waals surface area contributed by atoms with Gasteiger partial charge in [0.05, 0.1) is 13.5 Å². The molecule has 4 nitrogen and oxygen atoms in total. The number of carbonyl (C=O) groups excluding carboxylic acids is 1. The number of rotatable bonds is 6. The third-order valence-electron chi connectivity index (χ3n) is 2.18. The van der Waals surface area contributed by atoms with Crippen molar-refractivity contribution >= 4 is 18.3 Å². The molecule has 0 radical (unpaired) electrons. The number of allylic oxidation sites excluding steroid dienone is 1. The van der Waals surface area contributed by atoms with E-state index in [1.165, 1.54) is 0 Å². The number of hydrogen-bond acceptors (Lipinski definition) is 3. The molecule has 0 aliphatic rings. The number of benzene rings is 1. The summed E-state index contributed by atoms with van der Waals surface area (Å²) < 4.78 is 5.15. The highest BCUT2D eigenvalue weighted by molar-refractivity contribution is 5.71. The van der Waals surface area contributed by atoms with Crippen LogP contribution >= 0.6 is 0 Å². The Hall–Kier alpha value is -2.10. The number of aldehydes is 1. The van der Waals surface area contributed by atoms with Crippen molar-refractivity contribution in [1.29, 1.82) is 0 Å². The second kappa shape index (κ2) is 6.48. The summed E-state index contributed by atoms with van der Waals surface area (Å²) in [6.07, 6.45) is 4.54. The van der Waals surface area contributed by atoms with Crippen molar-refractivity contribution < 1.29 is 19.4 Å². The second-order valence-corrected chi connectivity index (χ2v) is 3.45. The number of carboxylic acid groups (broad SMARTS) is 1. The largest absolute Gasteiger partial charge is 0.496 e. The molecule has 0 aliphatic heterocycles. The first-order valence-electron chi connectivity index (χ1n) is 5.16. The number of hydrogen-bond donors (Lipinski definition) is 1. The summed E-state index contributed by atoms with van der Waals surface area (Å²) in [5.74, 6) is -0.223. The molecule has 0 spiro atoms. The van der Waals surface area contributed by atoms with E-state index in [2.05, 4.69) is 0 Å². The summed E-state index contributed by atoms with van der Waals surface area (Å²) in [6.45, 7) is 0. The summed E-state index contributed by atoms with van der Waals surface area (Å²) in [5, 5.41) is 8.70. The molecule has 90 valence electrons. The van der Waals surface area contributed by atoms with Crippen LogP contribution in [0.25, 0.3) is 6.08 Å². The van der Waals surface area contributed by atoms with Crippen LogP contribution in [-0.4, -0.2) is 24.5 Å². The van der Waals surface area contributed by atoms with Crippen LogP contribution in [0.4, 0.5) is 0 Å². The molecule has 17 heavy (non-hydrogen) atoms. The quantitative estimate of drug-likeness (QED) is 0.764. The Balaban J connectivity index is 2.97. The Morgan fingerprint density at radius 1 is 1.47 bits per heavy atom. The van der Waals surface area contributed by atoms with Gasteiger partial charge in [-0.2, -0.15) is 0 Å². The SMILES string of the molecule is COc1ccc(CC(=O)O)cc1C=CCC=O. The van der Waals surface area contributed by atoms with Gasteiger partial charge < -0.3 is 14.6 Å². The van der Waals surface area contributed by atoms with Crippen molar-refractivity contribution in [3.05, 3.63) is 35.4 Å². The summed E-state index contributed by atoms with van der Waals surface area (Å²) in [5.41, 5.74) is 1.47. The summed E-state index contributed by atoms with van der Waals surface area (Å²) in [6, 6.07) is 5.18. The minimum Gasteiger partial charge on any atom is -0.496 e. The van der Waals surface area contributed by atoms with E-state index in [4.69, 9.17) is 9.84 Å². The van der Waals surface area contributed by atoms with Gasteiger partial charge in [0.2, 0.25) is 0 Å². The molecule has 0 saturated carbocycles. The van der Waals surface area contributed by atoms with E-state index in [1.807, 2.05) is 0 Å². The summed E-state index contributed by atoms with van der Waals surface area (Å²) >= 11 is 0. The third kappa shape index (κ3) is 4.10. The number of carboxylic acids is 1. The Morgan fingerprint density at radius 3 is 2.82 bits per heavy atom. The molecule has 0 fully saturated rings. The van der Waals surface area contributed by atoms with E-state index in [9.17, 15) is 9.59 Å². The highest BCUT2D eigenvalue weighted by atomic mass is 16.5. The van der Waals surface area contributed by atoms with Crippen LogP contribution in [0.2, 0.25) is 0 Å². The van der Waals surface area contributed by atoms with Gasteiger partial charge in [0.15, 0.2) is 0 Å². The predicted molar refractivity (Wildman–Crippen MR) is 64.0 cm³/mol. The van der Waals surface area contributed by atoms with Gasteiger partial charge >= 0.3 is 5.97 Å². The van der Waals surface area contributed by atoms with Crippen LogP contribution in [0.1, 0.15) is 17.5 Å². The van der Waals surface area contributed by atoms with Gasteiger partial charge in [-0.05, 0) is 17.7 Å². The van der Waals surface area contributed by atoms with Gasteiger partial charge in [-0.25, -0.2) is 0 Å². The lowest BCUT2D eigenvalue weighted by Gasteiger charge is -2.06. The van der Waals surface area contributed by atoms with Crippen LogP contribution < -0.4 is 4.74 Å². The molecule has 0 heterocycles. The highest BCUT2D eigenvalue weighted by Crippen LogP contribution is 2.21. The standard InChI is InChI=1S/C13H14O4/c1-17-12-6-5-10(9-13(15)16)8-11(12)4-2-3-7-14/h2,4-8H,3,9H2,1H3,(H,15,16). The predicted octanol–water partition coefficient (Wildman–Crippen LogP) is 1.92. The zero-order chi connectivity index (χ0) is 12.7. The van der Waals surface area contributed by atoms with Crippen LogP contribution in [-0.2, 0) is 16.0 Å². The van der Waals surface area contributed by atoms with Crippen molar-refractivity contribution in [2.75, 3.05) is 7.11 Å². The fourth-order valence-electron chi connectivity index (χ4n) is 1.45. The fraction of sp³-hybridized carbons (Fsp3) is 0.231. The van der Waals surface area contributed by atoms with E-state index in [1.54, 1.807) is 37.5 Å². The maximum absolute atomic E-state index is 10.6. The highest BCUT2D eigenvalue weighted by Gasteiger charge is 2.04. The molecule has 0 bridgehead atoms. The van der Waals surface area contributed by atoms with E-state index in [0.29, 0.717) is 17.7 Å². The number of ether oxygens (including phenoxy) is 1. The fourth-order valence-corrected chi connectivity index (χ4v) is 1.45. The molecule has 1 aromatic carbocycles.